The second-order valence-electron chi connectivity index (χ2n) is 4.07. The molecule has 2 atom stereocenters. The van der Waals surface area contributed by atoms with E-state index in [9.17, 15) is 4.79 Å². The molecule has 2 bridgehead atoms. The molecule has 0 aromatic rings. The van der Waals surface area contributed by atoms with Gasteiger partial charge in [-0.2, -0.15) is 0 Å². The number of Topliss-reactive ketones (excluding diaryl/α,β-unsaturated/α-hetero) is 1. The lowest BCUT2D eigenvalue weighted by Gasteiger charge is -2.34. The Kier molecular flexibility index (Phi) is 1.59. The molecule has 2 fully saturated rings. The van der Waals surface area contributed by atoms with Crippen LogP contribution in [0.15, 0.2) is 12.2 Å². The van der Waals surface area contributed by atoms with E-state index in [0.717, 1.165) is 25.7 Å². The Morgan fingerprint density at radius 1 is 1.09 bits per heavy atom. The molecule has 0 radical (unpaired) electrons. The van der Waals surface area contributed by atoms with Gasteiger partial charge >= 0.3 is 0 Å². The van der Waals surface area contributed by atoms with E-state index in [0.29, 0.717) is 17.6 Å². The van der Waals surface area contributed by atoms with Gasteiger partial charge in [0.15, 0.2) is 0 Å². The lowest BCUT2D eigenvalue weighted by atomic mass is 9.70. The molecule has 11 heavy (non-hydrogen) atoms. The highest BCUT2D eigenvalue weighted by Gasteiger charge is 2.31. The topological polar surface area (TPSA) is 17.1 Å². The Morgan fingerprint density at radius 3 is 2.18 bits per heavy atom. The summed E-state index contributed by atoms with van der Waals surface area (Å²) >= 11 is 0. The van der Waals surface area contributed by atoms with Gasteiger partial charge in [0.2, 0.25) is 0 Å². The molecule has 0 aliphatic heterocycles. The summed E-state index contributed by atoms with van der Waals surface area (Å²) in [7, 11) is 0. The number of fused-ring (bicyclic) bond motifs is 2. The van der Waals surface area contributed by atoms with Crippen molar-refractivity contribution in [3.63, 3.8) is 0 Å². The first-order valence-electron chi connectivity index (χ1n) is 4.42. The smallest absolute Gasteiger partial charge is 0.133 e. The molecule has 0 saturated heterocycles. The van der Waals surface area contributed by atoms with Gasteiger partial charge in [-0.1, -0.05) is 12.2 Å². The number of ketones is 1. The van der Waals surface area contributed by atoms with Crippen LogP contribution in [0.2, 0.25) is 0 Å². The molecule has 2 saturated carbocycles. The minimum absolute atomic E-state index is 0.485. The van der Waals surface area contributed by atoms with Crippen LogP contribution in [-0.2, 0) is 4.79 Å². The van der Waals surface area contributed by atoms with Crippen molar-refractivity contribution in [1.29, 1.82) is 0 Å². The molecule has 0 amide bonds. The molecule has 0 aromatic heterocycles. The van der Waals surface area contributed by atoms with E-state index in [1.54, 1.807) is 0 Å². The van der Waals surface area contributed by atoms with Crippen molar-refractivity contribution in [3.8, 4) is 0 Å². The van der Waals surface area contributed by atoms with E-state index in [1.807, 2.05) is 0 Å². The third kappa shape index (κ3) is 1.37. The summed E-state index contributed by atoms with van der Waals surface area (Å²) in [5.74, 6) is 1.80. The SMILES string of the molecule is C=C1CC2CC(=O)C[C@H](C1)C2. The summed E-state index contributed by atoms with van der Waals surface area (Å²) < 4.78 is 0. The van der Waals surface area contributed by atoms with Crippen molar-refractivity contribution < 1.29 is 4.79 Å². The zero-order valence-corrected chi connectivity index (χ0v) is 6.81. The van der Waals surface area contributed by atoms with Crippen molar-refractivity contribution >= 4 is 5.78 Å². The largest absolute Gasteiger partial charge is 0.300 e. The van der Waals surface area contributed by atoms with Gasteiger partial charge in [-0.05, 0) is 31.1 Å². The quantitative estimate of drug-likeness (QED) is 0.484. The van der Waals surface area contributed by atoms with E-state index in [-0.39, 0.29) is 0 Å². The van der Waals surface area contributed by atoms with E-state index in [1.165, 1.54) is 12.0 Å². The van der Waals surface area contributed by atoms with Gasteiger partial charge < -0.3 is 0 Å². The number of rotatable bonds is 0. The van der Waals surface area contributed by atoms with Crippen LogP contribution in [0, 0.1) is 11.8 Å². The van der Waals surface area contributed by atoms with Crippen LogP contribution in [0.4, 0.5) is 0 Å². The maximum atomic E-state index is 11.2. The highest BCUT2D eigenvalue weighted by Crippen LogP contribution is 2.39. The molecular weight excluding hydrogens is 136 g/mol. The molecule has 60 valence electrons. The molecule has 2 aliphatic rings. The van der Waals surface area contributed by atoms with E-state index < -0.39 is 0 Å². The zero-order chi connectivity index (χ0) is 7.84. The fraction of sp³-hybridized carbons (Fsp3) is 0.700. The Balaban J connectivity index is 2.11. The van der Waals surface area contributed by atoms with Crippen LogP contribution in [-0.4, -0.2) is 5.78 Å². The highest BCUT2D eigenvalue weighted by atomic mass is 16.1. The van der Waals surface area contributed by atoms with Gasteiger partial charge in [0, 0.05) is 12.8 Å². The van der Waals surface area contributed by atoms with Crippen molar-refractivity contribution in [2.75, 3.05) is 0 Å². The minimum atomic E-state index is 0.485. The maximum absolute atomic E-state index is 11.2. The number of hydrogen-bond donors (Lipinski definition) is 0. The van der Waals surface area contributed by atoms with Crippen LogP contribution in [0.25, 0.3) is 0 Å². The second-order valence-corrected chi connectivity index (χ2v) is 4.07. The average molecular weight is 150 g/mol. The summed E-state index contributed by atoms with van der Waals surface area (Å²) in [5, 5.41) is 0. The van der Waals surface area contributed by atoms with Crippen molar-refractivity contribution in [3.05, 3.63) is 12.2 Å². The van der Waals surface area contributed by atoms with Crippen molar-refractivity contribution in [2.24, 2.45) is 11.8 Å². The van der Waals surface area contributed by atoms with Gasteiger partial charge in [0.05, 0.1) is 0 Å². The molecule has 0 heterocycles. The Bertz CT molecular complexity index is 167. The number of hydrogen-bond acceptors (Lipinski definition) is 1. The molecule has 0 N–H and O–H groups in total. The molecule has 1 nitrogen and oxygen atoms in total. The molecule has 0 aromatic carbocycles. The summed E-state index contributed by atoms with van der Waals surface area (Å²) in [6.45, 7) is 4.01. The highest BCUT2D eigenvalue weighted by molar-refractivity contribution is 5.79. The normalized spacial score (nSPS) is 37.5. The third-order valence-corrected chi connectivity index (χ3v) is 2.85. The second kappa shape index (κ2) is 2.47. The lowest BCUT2D eigenvalue weighted by Crippen LogP contribution is -2.27. The van der Waals surface area contributed by atoms with E-state index >= 15 is 0 Å². The predicted molar refractivity (Wildman–Crippen MR) is 44.2 cm³/mol. The van der Waals surface area contributed by atoms with Gasteiger partial charge in [-0.25, -0.2) is 0 Å². The molecule has 0 spiro atoms. The van der Waals surface area contributed by atoms with Gasteiger partial charge in [-0.15, -0.1) is 0 Å². The van der Waals surface area contributed by atoms with Crippen molar-refractivity contribution in [1.82, 2.24) is 0 Å². The summed E-state index contributed by atoms with van der Waals surface area (Å²) in [6.07, 6.45) is 5.17. The molecule has 2 aliphatic carbocycles. The molecular formula is C10H14O. The summed E-state index contributed by atoms with van der Waals surface area (Å²) in [6, 6.07) is 0. The maximum Gasteiger partial charge on any atom is 0.133 e. The predicted octanol–water partition coefficient (Wildman–Crippen LogP) is 2.32. The first-order valence-corrected chi connectivity index (χ1v) is 4.42. The van der Waals surface area contributed by atoms with Gasteiger partial charge in [0.25, 0.3) is 0 Å². The average Bonchev–Trinajstić information content (AvgIpc) is 1.82. The minimum Gasteiger partial charge on any atom is -0.300 e. The summed E-state index contributed by atoms with van der Waals surface area (Å²) in [4.78, 5) is 11.2. The first kappa shape index (κ1) is 7.08. The fourth-order valence-electron chi connectivity index (χ4n) is 2.58. The van der Waals surface area contributed by atoms with Crippen LogP contribution in [0.3, 0.4) is 0 Å². The fourth-order valence-corrected chi connectivity index (χ4v) is 2.58. The standard InChI is InChI=1S/C10H14O/c1-7-2-8-4-9(3-7)6-10(11)5-8/h8-9H,1-6H2/t8-,9?/m1/s1. The molecule has 1 heteroatoms. The van der Waals surface area contributed by atoms with E-state index in [2.05, 4.69) is 6.58 Å². The zero-order valence-electron chi connectivity index (χ0n) is 6.81. The van der Waals surface area contributed by atoms with Gasteiger partial charge in [-0.3, -0.25) is 4.79 Å². The lowest BCUT2D eigenvalue weighted by molar-refractivity contribution is -0.123. The number of carbonyl (C=O) groups is 1. The Labute approximate surface area is 67.5 Å². The molecule has 1 unspecified atom stereocenters. The monoisotopic (exact) mass is 150 g/mol. The first-order chi connectivity index (χ1) is 5.24. The van der Waals surface area contributed by atoms with Crippen LogP contribution in [0.1, 0.15) is 32.1 Å². The number of allylic oxidation sites excluding steroid dienone is 1. The Morgan fingerprint density at radius 2 is 1.64 bits per heavy atom. The number of carbonyl (C=O) groups excluding carboxylic acids is 1. The van der Waals surface area contributed by atoms with Crippen LogP contribution in [0.5, 0.6) is 0 Å². The van der Waals surface area contributed by atoms with E-state index in [4.69, 9.17) is 0 Å². The summed E-state index contributed by atoms with van der Waals surface area (Å²) in [5.41, 5.74) is 1.37. The van der Waals surface area contributed by atoms with Crippen LogP contribution >= 0.6 is 0 Å². The van der Waals surface area contributed by atoms with Gasteiger partial charge in [0.1, 0.15) is 5.78 Å². The Hall–Kier alpha value is -0.590. The molecule has 2 rings (SSSR count). The third-order valence-electron chi connectivity index (χ3n) is 2.85. The van der Waals surface area contributed by atoms with Crippen LogP contribution < -0.4 is 0 Å². The van der Waals surface area contributed by atoms with Crippen molar-refractivity contribution in [2.45, 2.75) is 32.1 Å².